The van der Waals surface area contributed by atoms with Gasteiger partial charge in [-0.15, -0.1) is 0 Å². The van der Waals surface area contributed by atoms with Crippen LogP contribution in [0.3, 0.4) is 0 Å². The molecule has 0 unspecified atom stereocenters. The van der Waals surface area contributed by atoms with Crippen molar-refractivity contribution in [3.8, 4) is 17.2 Å². The number of anilines is 4. The summed E-state index contributed by atoms with van der Waals surface area (Å²) in [5, 5.41) is 5.67. The topological polar surface area (TPSA) is 95.6 Å². The zero-order valence-corrected chi connectivity index (χ0v) is 24.4. The van der Waals surface area contributed by atoms with E-state index in [2.05, 4.69) is 26.5 Å². The van der Waals surface area contributed by atoms with Gasteiger partial charge in [-0.25, -0.2) is 4.79 Å². The maximum Gasteiger partial charge on any atom is 0.323 e. The number of urea groups is 1. The minimum absolute atomic E-state index is 0.0713. The third-order valence-corrected chi connectivity index (χ3v) is 7.24. The molecule has 4 rings (SSSR count). The van der Waals surface area contributed by atoms with Gasteiger partial charge in [0.2, 0.25) is 0 Å². The fraction of sp³-hybridized carbons (Fsp3) is 0.355. The summed E-state index contributed by atoms with van der Waals surface area (Å²) in [5.74, 6) is 1.86. The fourth-order valence-electron chi connectivity index (χ4n) is 5.01. The molecule has 0 aliphatic carbocycles. The van der Waals surface area contributed by atoms with Crippen LogP contribution >= 0.6 is 0 Å². The van der Waals surface area contributed by atoms with Crippen LogP contribution in [0.5, 0.6) is 17.2 Å². The Morgan fingerprint density at radius 2 is 1.41 bits per heavy atom. The third-order valence-electron chi connectivity index (χ3n) is 7.24. The van der Waals surface area contributed by atoms with Crippen LogP contribution in [0.2, 0.25) is 0 Å². The highest BCUT2D eigenvalue weighted by Gasteiger charge is 2.25. The first-order valence-electron chi connectivity index (χ1n) is 13.8. The van der Waals surface area contributed by atoms with E-state index in [1.165, 1.54) is 7.11 Å². The zero-order chi connectivity index (χ0) is 29.4. The first-order chi connectivity index (χ1) is 19.9. The van der Waals surface area contributed by atoms with Gasteiger partial charge in [0.15, 0.2) is 0 Å². The number of nitrogens with one attached hydrogen (secondary N) is 2. The molecule has 41 heavy (non-hydrogen) atoms. The Labute approximate surface area is 241 Å². The second-order valence-electron chi connectivity index (χ2n) is 9.50. The monoisotopic (exact) mass is 561 g/mol. The standard InChI is InChI=1S/C31H39N5O5/c1-6-34(7-2)30(37)24-20-22(32-31(38)33-25-14-13-23(39-3)21-29(25)41-5)12-15-26(24)35-16-18-36(19-17-35)27-10-8-9-11-28(27)40-4/h8-15,20-21H,6-7,16-19H2,1-5H3,(H2,32,33,38). The Hall–Kier alpha value is -4.60. The molecular weight excluding hydrogens is 522 g/mol. The molecule has 3 aromatic carbocycles. The summed E-state index contributed by atoms with van der Waals surface area (Å²) in [7, 11) is 4.77. The number of piperazine rings is 1. The third kappa shape index (κ3) is 6.77. The second kappa shape index (κ2) is 13.6. The molecule has 1 aliphatic rings. The van der Waals surface area contributed by atoms with Gasteiger partial charge in [-0.3, -0.25) is 4.79 Å². The molecule has 0 radical (unpaired) electrons. The summed E-state index contributed by atoms with van der Waals surface area (Å²) in [4.78, 5) is 32.9. The Morgan fingerprint density at radius 3 is 2.05 bits per heavy atom. The van der Waals surface area contributed by atoms with Gasteiger partial charge in [-0.05, 0) is 56.3 Å². The highest BCUT2D eigenvalue weighted by atomic mass is 16.5. The SMILES string of the molecule is CCN(CC)C(=O)c1cc(NC(=O)Nc2ccc(OC)cc2OC)ccc1N1CCN(c2ccccc2OC)CC1. The lowest BCUT2D eigenvalue weighted by Gasteiger charge is -2.38. The largest absolute Gasteiger partial charge is 0.497 e. The number of methoxy groups -OCH3 is 3. The van der Waals surface area contributed by atoms with E-state index >= 15 is 0 Å². The number of carbonyl (C=O) groups excluding carboxylic acids is 2. The van der Waals surface area contributed by atoms with Gasteiger partial charge in [0.1, 0.15) is 17.2 Å². The highest BCUT2D eigenvalue weighted by molar-refractivity contribution is 6.04. The van der Waals surface area contributed by atoms with Crippen LogP contribution < -0.4 is 34.6 Å². The van der Waals surface area contributed by atoms with Crippen LogP contribution in [0, 0.1) is 0 Å². The molecule has 1 aliphatic heterocycles. The molecule has 0 bridgehead atoms. The van der Waals surface area contributed by atoms with Crippen molar-refractivity contribution in [3.05, 3.63) is 66.2 Å². The summed E-state index contributed by atoms with van der Waals surface area (Å²) < 4.78 is 16.2. The molecule has 1 fully saturated rings. The molecule has 10 heteroatoms. The number of benzene rings is 3. The number of nitrogens with zero attached hydrogens (tertiary/aromatic N) is 3. The van der Waals surface area contributed by atoms with Gasteiger partial charge in [0, 0.05) is 56.7 Å². The van der Waals surface area contributed by atoms with E-state index in [1.807, 2.05) is 44.2 Å². The van der Waals surface area contributed by atoms with Crippen LogP contribution in [-0.2, 0) is 0 Å². The summed E-state index contributed by atoms with van der Waals surface area (Å²) in [6.07, 6.45) is 0. The minimum Gasteiger partial charge on any atom is -0.497 e. The molecule has 0 saturated carbocycles. The van der Waals surface area contributed by atoms with E-state index in [4.69, 9.17) is 14.2 Å². The highest BCUT2D eigenvalue weighted by Crippen LogP contribution is 2.32. The van der Waals surface area contributed by atoms with Crippen molar-refractivity contribution in [1.82, 2.24) is 4.90 Å². The normalized spacial score (nSPS) is 12.9. The van der Waals surface area contributed by atoms with Gasteiger partial charge in [-0.1, -0.05) is 12.1 Å². The van der Waals surface area contributed by atoms with Crippen LogP contribution in [0.15, 0.2) is 60.7 Å². The van der Waals surface area contributed by atoms with Crippen molar-refractivity contribution in [1.29, 1.82) is 0 Å². The van der Waals surface area contributed by atoms with Crippen molar-refractivity contribution in [3.63, 3.8) is 0 Å². The molecule has 1 saturated heterocycles. The molecule has 2 N–H and O–H groups in total. The molecule has 10 nitrogen and oxygen atoms in total. The summed E-state index contributed by atoms with van der Waals surface area (Å²) in [5.41, 5.74) is 3.48. The van der Waals surface area contributed by atoms with Gasteiger partial charge >= 0.3 is 6.03 Å². The van der Waals surface area contributed by atoms with E-state index in [9.17, 15) is 9.59 Å². The number of carbonyl (C=O) groups is 2. The lowest BCUT2D eigenvalue weighted by Crippen LogP contribution is -2.47. The number of rotatable bonds is 10. The Kier molecular flexibility index (Phi) is 9.78. The summed E-state index contributed by atoms with van der Waals surface area (Å²) in [6, 6.07) is 18.2. The van der Waals surface area contributed by atoms with Gasteiger partial charge < -0.3 is 39.5 Å². The van der Waals surface area contributed by atoms with Crippen molar-refractivity contribution < 1.29 is 23.8 Å². The molecule has 1 heterocycles. The molecule has 3 aromatic rings. The van der Waals surface area contributed by atoms with Crippen molar-refractivity contribution >= 4 is 34.7 Å². The van der Waals surface area contributed by atoms with Crippen molar-refractivity contribution in [2.75, 3.05) is 81.0 Å². The smallest absolute Gasteiger partial charge is 0.323 e. The number of amides is 3. The van der Waals surface area contributed by atoms with Crippen LogP contribution in [-0.4, -0.2) is 77.4 Å². The van der Waals surface area contributed by atoms with E-state index in [1.54, 1.807) is 43.4 Å². The molecular formula is C31H39N5O5. The van der Waals surface area contributed by atoms with Crippen molar-refractivity contribution in [2.24, 2.45) is 0 Å². The van der Waals surface area contributed by atoms with E-state index in [0.717, 1.165) is 43.3 Å². The lowest BCUT2D eigenvalue weighted by atomic mass is 10.1. The molecule has 0 atom stereocenters. The van der Waals surface area contributed by atoms with Gasteiger partial charge in [-0.2, -0.15) is 0 Å². The predicted octanol–water partition coefficient (Wildman–Crippen LogP) is 5.17. The van der Waals surface area contributed by atoms with Crippen molar-refractivity contribution in [2.45, 2.75) is 13.8 Å². The Bertz CT molecular complexity index is 1350. The van der Waals surface area contributed by atoms with Crippen LogP contribution in [0.25, 0.3) is 0 Å². The molecule has 0 spiro atoms. The Morgan fingerprint density at radius 1 is 0.756 bits per heavy atom. The quantitative estimate of drug-likeness (QED) is 0.353. The van der Waals surface area contributed by atoms with Crippen LogP contribution in [0.4, 0.5) is 27.5 Å². The molecule has 218 valence electrons. The molecule has 0 aromatic heterocycles. The number of para-hydroxylation sites is 2. The van der Waals surface area contributed by atoms with Crippen LogP contribution in [0.1, 0.15) is 24.2 Å². The number of hydrogen-bond acceptors (Lipinski definition) is 7. The fourth-order valence-corrected chi connectivity index (χ4v) is 5.01. The lowest BCUT2D eigenvalue weighted by molar-refractivity contribution is 0.0773. The first kappa shape index (κ1) is 29.4. The maximum absolute atomic E-state index is 13.6. The van der Waals surface area contributed by atoms with E-state index in [0.29, 0.717) is 41.5 Å². The van der Waals surface area contributed by atoms with E-state index in [-0.39, 0.29) is 5.91 Å². The summed E-state index contributed by atoms with van der Waals surface area (Å²) in [6.45, 7) is 8.15. The predicted molar refractivity (Wildman–Crippen MR) is 163 cm³/mol. The van der Waals surface area contributed by atoms with Gasteiger partial charge in [0.05, 0.1) is 38.3 Å². The number of ether oxygens (including phenoxy) is 3. The second-order valence-corrected chi connectivity index (χ2v) is 9.50. The zero-order valence-electron chi connectivity index (χ0n) is 24.4. The first-order valence-corrected chi connectivity index (χ1v) is 13.8. The average molecular weight is 562 g/mol. The average Bonchev–Trinajstić information content (AvgIpc) is 3.01. The van der Waals surface area contributed by atoms with E-state index < -0.39 is 6.03 Å². The summed E-state index contributed by atoms with van der Waals surface area (Å²) >= 11 is 0. The maximum atomic E-state index is 13.6. The minimum atomic E-state index is -0.451. The van der Waals surface area contributed by atoms with Gasteiger partial charge in [0.25, 0.3) is 5.91 Å². The number of hydrogen-bond donors (Lipinski definition) is 2. The molecule has 3 amide bonds. The Balaban J connectivity index is 1.54.